The molecule has 0 spiro atoms. The molecule has 0 amide bonds. The molecule has 0 aliphatic carbocycles. The summed E-state index contributed by atoms with van der Waals surface area (Å²) in [6, 6.07) is 6.46. The van der Waals surface area contributed by atoms with Gasteiger partial charge < -0.3 is 19.6 Å². The first-order chi connectivity index (χ1) is 10.2. The lowest BCUT2D eigenvalue weighted by Crippen LogP contribution is -2.24. The molecule has 0 aliphatic rings. The number of aryl methyl sites for hydroxylation is 2. The standard InChI is InChI=1S/C17H25NO3/c1-4-14-15-11-12(2)5-6-16(15)21-17(14)13(3)18-7-9-20-10-8-19/h5-6,11,13,18-19H,4,7-10H2,1-3H3. The van der Waals surface area contributed by atoms with Crippen molar-refractivity contribution in [1.29, 1.82) is 0 Å². The van der Waals surface area contributed by atoms with Crippen molar-refractivity contribution in [2.24, 2.45) is 0 Å². The van der Waals surface area contributed by atoms with Crippen molar-refractivity contribution in [2.45, 2.75) is 33.2 Å². The van der Waals surface area contributed by atoms with Crippen molar-refractivity contribution in [2.75, 3.05) is 26.4 Å². The van der Waals surface area contributed by atoms with Crippen LogP contribution in [0, 0.1) is 6.92 Å². The van der Waals surface area contributed by atoms with Gasteiger partial charge in [-0.25, -0.2) is 0 Å². The van der Waals surface area contributed by atoms with E-state index in [1.54, 1.807) is 0 Å². The third kappa shape index (κ3) is 3.84. The summed E-state index contributed by atoms with van der Waals surface area (Å²) >= 11 is 0. The number of nitrogens with one attached hydrogen (secondary N) is 1. The van der Waals surface area contributed by atoms with Gasteiger partial charge >= 0.3 is 0 Å². The molecule has 1 atom stereocenters. The van der Waals surface area contributed by atoms with Crippen molar-refractivity contribution in [3.8, 4) is 0 Å². The maximum atomic E-state index is 8.66. The van der Waals surface area contributed by atoms with E-state index in [0.717, 1.165) is 24.3 Å². The number of hydrogen-bond donors (Lipinski definition) is 2. The fourth-order valence-electron chi connectivity index (χ4n) is 2.60. The van der Waals surface area contributed by atoms with Gasteiger partial charge in [0.05, 0.1) is 25.9 Å². The molecule has 1 heterocycles. The summed E-state index contributed by atoms with van der Waals surface area (Å²) in [5.41, 5.74) is 3.49. The second kappa shape index (κ2) is 7.59. The zero-order valence-electron chi connectivity index (χ0n) is 13.1. The van der Waals surface area contributed by atoms with Crippen LogP contribution in [-0.4, -0.2) is 31.5 Å². The third-order valence-corrected chi connectivity index (χ3v) is 3.66. The molecule has 116 valence electrons. The molecule has 4 heteroatoms. The van der Waals surface area contributed by atoms with Gasteiger partial charge in [-0.2, -0.15) is 0 Å². The smallest absolute Gasteiger partial charge is 0.134 e. The number of aliphatic hydroxyl groups is 1. The summed E-state index contributed by atoms with van der Waals surface area (Å²) in [4.78, 5) is 0. The Morgan fingerprint density at radius 2 is 2.14 bits per heavy atom. The van der Waals surface area contributed by atoms with E-state index < -0.39 is 0 Å². The Morgan fingerprint density at radius 3 is 2.86 bits per heavy atom. The van der Waals surface area contributed by atoms with E-state index in [2.05, 4.69) is 38.2 Å². The Kier molecular flexibility index (Phi) is 5.79. The summed E-state index contributed by atoms with van der Waals surface area (Å²) in [6.07, 6.45) is 0.957. The molecule has 4 nitrogen and oxygen atoms in total. The van der Waals surface area contributed by atoms with Crippen LogP contribution in [0.15, 0.2) is 22.6 Å². The molecule has 2 rings (SSSR count). The van der Waals surface area contributed by atoms with Gasteiger partial charge in [0.15, 0.2) is 0 Å². The summed E-state index contributed by atoms with van der Waals surface area (Å²) in [5, 5.41) is 13.3. The van der Waals surface area contributed by atoms with Crippen LogP contribution in [0.25, 0.3) is 11.0 Å². The third-order valence-electron chi connectivity index (χ3n) is 3.66. The van der Waals surface area contributed by atoms with Crippen LogP contribution in [0.5, 0.6) is 0 Å². The Balaban J connectivity index is 2.09. The highest BCUT2D eigenvalue weighted by Gasteiger charge is 2.17. The maximum Gasteiger partial charge on any atom is 0.134 e. The van der Waals surface area contributed by atoms with Gasteiger partial charge in [-0.3, -0.25) is 0 Å². The van der Waals surface area contributed by atoms with Crippen molar-refractivity contribution in [3.63, 3.8) is 0 Å². The number of ether oxygens (including phenoxy) is 1. The molecule has 1 aromatic carbocycles. The second-order valence-corrected chi connectivity index (χ2v) is 5.31. The van der Waals surface area contributed by atoms with Crippen molar-refractivity contribution < 1.29 is 14.3 Å². The summed E-state index contributed by atoms with van der Waals surface area (Å²) in [5.74, 6) is 1.01. The van der Waals surface area contributed by atoms with Gasteiger partial charge in [0.2, 0.25) is 0 Å². The van der Waals surface area contributed by atoms with E-state index in [1.165, 1.54) is 16.5 Å². The Labute approximate surface area is 126 Å². The summed E-state index contributed by atoms with van der Waals surface area (Å²) < 4.78 is 11.3. The van der Waals surface area contributed by atoms with Crippen molar-refractivity contribution in [3.05, 3.63) is 35.1 Å². The number of benzene rings is 1. The molecule has 0 fully saturated rings. The molecule has 0 saturated carbocycles. The minimum atomic E-state index is 0.0679. The zero-order valence-corrected chi connectivity index (χ0v) is 13.1. The minimum Gasteiger partial charge on any atom is -0.459 e. The lowest BCUT2D eigenvalue weighted by atomic mass is 10.0. The Bertz CT molecular complexity index is 577. The largest absolute Gasteiger partial charge is 0.459 e. The van der Waals surface area contributed by atoms with Crippen molar-refractivity contribution >= 4 is 11.0 Å². The van der Waals surface area contributed by atoms with Crippen LogP contribution in [0.1, 0.15) is 36.8 Å². The highest BCUT2D eigenvalue weighted by atomic mass is 16.5. The Morgan fingerprint density at radius 1 is 1.33 bits per heavy atom. The topological polar surface area (TPSA) is 54.6 Å². The molecule has 0 radical (unpaired) electrons. The highest BCUT2D eigenvalue weighted by Crippen LogP contribution is 2.31. The van der Waals surface area contributed by atoms with E-state index in [-0.39, 0.29) is 12.6 Å². The van der Waals surface area contributed by atoms with Gasteiger partial charge in [-0.15, -0.1) is 0 Å². The van der Waals surface area contributed by atoms with Crippen LogP contribution in [-0.2, 0) is 11.2 Å². The van der Waals surface area contributed by atoms with Crippen LogP contribution >= 0.6 is 0 Å². The van der Waals surface area contributed by atoms with Crippen molar-refractivity contribution in [1.82, 2.24) is 5.32 Å². The number of aliphatic hydroxyl groups excluding tert-OH is 1. The molecular weight excluding hydrogens is 266 g/mol. The normalized spacial score (nSPS) is 13.0. The predicted octanol–water partition coefficient (Wildman–Crippen LogP) is 2.96. The zero-order chi connectivity index (χ0) is 15.2. The lowest BCUT2D eigenvalue weighted by molar-refractivity contribution is 0.0925. The lowest BCUT2D eigenvalue weighted by Gasteiger charge is -2.13. The number of hydrogen-bond acceptors (Lipinski definition) is 4. The first kappa shape index (κ1) is 16.0. The fourth-order valence-corrected chi connectivity index (χ4v) is 2.60. The SMILES string of the molecule is CCc1c(C(C)NCCOCCO)oc2ccc(C)cc12. The Hall–Kier alpha value is -1.36. The van der Waals surface area contributed by atoms with Crippen LogP contribution in [0.3, 0.4) is 0 Å². The number of fused-ring (bicyclic) bond motifs is 1. The minimum absolute atomic E-state index is 0.0679. The van der Waals surface area contributed by atoms with E-state index in [9.17, 15) is 0 Å². The molecule has 0 saturated heterocycles. The molecule has 1 aromatic heterocycles. The summed E-state index contributed by atoms with van der Waals surface area (Å²) in [7, 11) is 0. The molecule has 1 unspecified atom stereocenters. The van der Waals surface area contributed by atoms with Gasteiger partial charge in [0, 0.05) is 17.5 Å². The fraction of sp³-hybridized carbons (Fsp3) is 0.529. The summed E-state index contributed by atoms with van der Waals surface area (Å²) in [6.45, 7) is 8.15. The van der Waals surface area contributed by atoms with Crippen LogP contribution < -0.4 is 5.32 Å². The predicted molar refractivity (Wildman–Crippen MR) is 84.7 cm³/mol. The highest BCUT2D eigenvalue weighted by molar-refractivity contribution is 5.83. The monoisotopic (exact) mass is 291 g/mol. The molecule has 0 bridgehead atoms. The van der Waals surface area contributed by atoms with E-state index in [1.807, 2.05) is 6.07 Å². The molecule has 2 aromatic rings. The molecule has 2 N–H and O–H groups in total. The van der Waals surface area contributed by atoms with Gasteiger partial charge in [-0.05, 0) is 32.4 Å². The molecule has 0 aliphatic heterocycles. The van der Waals surface area contributed by atoms with E-state index in [0.29, 0.717) is 13.2 Å². The van der Waals surface area contributed by atoms with Gasteiger partial charge in [0.1, 0.15) is 11.3 Å². The number of furan rings is 1. The number of rotatable bonds is 8. The second-order valence-electron chi connectivity index (χ2n) is 5.31. The van der Waals surface area contributed by atoms with E-state index in [4.69, 9.17) is 14.3 Å². The van der Waals surface area contributed by atoms with Gasteiger partial charge in [0.25, 0.3) is 0 Å². The first-order valence-corrected chi connectivity index (χ1v) is 7.61. The maximum absolute atomic E-state index is 8.66. The average Bonchev–Trinajstić information content (AvgIpc) is 2.84. The molecular formula is C17H25NO3. The van der Waals surface area contributed by atoms with Crippen LogP contribution in [0.4, 0.5) is 0 Å². The quantitative estimate of drug-likeness (QED) is 0.734. The van der Waals surface area contributed by atoms with Gasteiger partial charge in [-0.1, -0.05) is 18.6 Å². The first-order valence-electron chi connectivity index (χ1n) is 7.61. The molecule has 21 heavy (non-hydrogen) atoms. The van der Waals surface area contributed by atoms with Crippen LogP contribution in [0.2, 0.25) is 0 Å². The average molecular weight is 291 g/mol. The van der Waals surface area contributed by atoms with E-state index >= 15 is 0 Å².